The molecule has 2 aliphatic heterocycles. The Bertz CT molecular complexity index is 1660. The van der Waals surface area contributed by atoms with E-state index < -0.39 is 35.3 Å². The maximum atomic E-state index is 14.2. The number of hydrogen-bond acceptors (Lipinski definition) is 12. The molecule has 2 aromatic carbocycles. The van der Waals surface area contributed by atoms with Gasteiger partial charge in [-0.3, -0.25) is 14.5 Å². The average molecular weight is 648 g/mol. The van der Waals surface area contributed by atoms with Gasteiger partial charge < -0.3 is 15.3 Å². The zero-order valence-electron chi connectivity index (χ0n) is 23.1. The van der Waals surface area contributed by atoms with Gasteiger partial charge in [-0.15, -0.1) is 28.2 Å². The molecular formula is C29H25N7O5S3. The zero-order chi connectivity index (χ0) is 30.6. The van der Waals surface area contributed by atoms with Crippen LogP contribution in [0.4, 0.5) is 0 Å². The van der Waals surface area contributed by atoms with Crippen LogP contribution in [-0.4, -0.2) is 76.6 Å². The van der Waals surface area contributed by atoms with Crippen LogP contribution >= 0.6 is 34.9 Å². The molecule has 2 aromatic heterocycles. The van der Waals surface area contributed by atoms with Crippen molar-refractivity contribution >= 4 is 58.4 Å². The van der Waals surface area contributed by atoms with Crippen molar-refractivity contribution in [2.75, 3.05) is 5.75 Å². The minimum Gasteiger partial charge on any atom is -0.448 e. The van der Waals surface area contributed by atoms with Gasteiger partial charge in [0.2, 0.25) is 5.16 Å². The Hall–Kier alpha value is -4.47. The number of H-pyrrole nitrogens is 1. The molecule has 1 unspecified atom stereocenters. The fraction of sp³-hybridized carbons (Fsp3) is 0.207. The van der Waals surface area contributed by atoms with E-state index >= 15 is 0 Å². The fourth-order valence-electron chi connectivity index (χ4n) is 4.96. The predicted molar refractivity (Wildman–Crippen MR) is 165 cm³/mol. The molecule has 6 rings (SSSR count). The van der Waals surface area contributed by atoms with E-state index in [0.717, 1.165) is 11.1 Å². The second-order valence-electron chi connectivity index (χ2n) is 9.73. The number of rotatable bonds is 10. The monoisotopic (exact) mass is 647 g/mol. The Balaban J connectivity index is 1.31. The molecule has 0 radical (unpaired) electrons. The molecule has 12 nitrogen and oxygen atoms in total. The summed E-state index contributed by atoms with van der Waals surface area (Å²) in [4.78, 5) is 42.7. The molecular weight excluding hydrogens is 623 g/mol. The number of thiophene rings is 1. The van der Waals surface area contributed by atoms with Gasteiger partial charge in [-0.2, -0.15) is 0 Å². The molecule has 224 valence electrons. The first-order chi connectivity index (χ1) is 21.5. The summed E-state index contributed by atoms with van der Waals surface area (Å²) in [6, 6.07) is 21.2. The number of aromatic amines is 1. The number of aromatic nitrogens is 4. The summed E-state index contributed by atoms with van der Waals surface area (Å²) in [5.41, 5.74) is 2.16. The van der Waals surface area contributed by atoms with Gasteiger partial charge in [0, 0.05) is 11.0 Å². The second-order valence-corrected chi connectivity index (χ2v) is 13.1. The SMILES string of the molecule is CC(Sc1nnn[nH]1)C1=C(C(=O)OC(c2ccccc2)c2ccccc2)N2C(=O)[C@@H](NC(=O)C(=NO)c3cccs3)[C@@H]2SC1. The van der Waals surface area contributed by atoms with Crippen molar-refractivity contribution in [3.63, 3.8) is 0 Å². The van der Waals surface area contributed by atoms with Gasteiger partial charge in [-0.05, 0) is 45.5 Å². The molecule has 15 heteroatoms. The van der Waals surface area contributed by atoms with Crippen molar-refractivity contribution in [1.82, 2.24) is 30.8 Å². The predicted octanol–water partition coefficient (Wildman–Crippen LogP) is 3.61. The Morgan fingerprint density at radius 3 is 2.41 bits per heavy atom. The maximum Gasteiger partial charge on any atom is 0.356 e. The van der Waals surface area contributed by atoms with Gasteiger partial charge in [0.25, 0.3) is 11.8 Å². The highest BCUT2D eigenvalue weighted by atomic mass is 32.2. The lowest BCUT2D eigenvalue weighted by molar-refractivity contribution is -0.154. The van der Waals surface area contributed by atoms with Crippen molar-refractivity contribution in [1.29, 1.82) is 0 Å². The quantitative estimate of drug-likeness (QED) is 0.0579. The van der Waals surface area contributed by atoms with E-state index in [1.165, 1.54) is 39.8 Å². The van der Waals surface area contributed by atoms with Crippen LogP contribution < -0.4 is 5.32 Å². The number of carbonyl (C=O) groups excluding carboxylic acids is 3. The number of tetrazole rings is 1. The first kappa shape index (κ1) is 29.6. The number of β-lactam (4-membered cyclic amide) rings is 1. The molecule has 1 saturated heterocycles. The molecule has 4 aromatic rings. The molecule has 0 aliphatic carbocycles. The molecule has 2 amide bonds. The van der Waals surface area contributed by atoms with E-state index in [-0.39, 0.29) is 16.7 Å². The van der Waals surface area contributed by atoms with Crippen LogP contribution in [0, 0.1) is 0 Å². The van der Waals surface area contributed by atoms with Crippen molar-refractivity contribution in [3.05, 3.63) is 105 Å². The lowest BCUT2D eigenvalue weighted by atomic mass is 10.00. The number of nitrogens with one attached hydrogen (secondary N) is 2. The third-order valence-electron chi connectivity index (χ3n) is 7.08. The largest absolute Gasteiger partial charge is 0.448 e. The summed E-state index contributed by atoms with van der Waals surface area (Å²) in [5, 5.41) is 30.6. The van der Waals surface area contributed by atoms with E-state index in [2.05, 4.69) is 31.1 Å². The first-order valence-electron chi connectivity index (χ1n) is 13.4. The summed E-state index contributed by atoms with van der Waals surface area (Å²) in [6.07, 6.45) is -0.728. The fourth-order valence-corrected chi connectivity index (χ4v) is 8.09. The minimum absolute atomic E-state index is 0.128. The van der Waals surface area contributed by atoms with E-state index in [9.17, 15) is 19.6 Å². The van der Waals surface area contributed by atoms with Gasteiger partial charge in [0.15, 0.2) is 11.8 Å². The molecule has 0 saturated carbocycles. The van der Waals surface area contributed by atoms with Crippen molar-refractivity contribution in [3.8, 4) is 0 Å². The van der Waals surface area contributed by atoms with Crippen molar-refractivity contribution in [2.45, 2.75) is 34.8 Å². The summed E-state index contributed by atoms with van der Waals surface area (Å²) in [6.45, 7) is 1.90. The van der Waals surface area contributed by atoms with Gasteiger partial charge in [0.05, 0.1) is 4.88 Å². The summed E-state index contributed by atoms with van der Waals surface area (Å²) < 4.78 is 6.20. The number of fused-ring (bicyclic) bond motifs is 1. The Morgan fingerprint density at radius 2 is 1.82 bits per heavy atom. The number of nitrogens with zero attached hydrogens (tertiary/aromatic N) is 5. The third kappa shape index (κ3) is 5.85. The van der Waals surface area contributed by atoms with Gasteiger partial charge in [0.1, 0.15) is 17.1 Å². The van der Waals surface area contributed by atoms with Crippen molar-refractivity contribution < 1.29 is 24.3 Å². The summed E-state index contributed by atoms with van der Waals surface area (Å²) >= 11 is 3.96. The van der Waals surface area contributed by atoms with Gasteiger partial charge >= 0.3 is 5.97 Å². The van der Waals surface area contributed by atoms with Crippen LogP contribution in [0.15, 0.2) is 99.8 Å². The third-order valence-corrected chi connectivity index (χ3v) is 10.3. The second kappa shape index (κ2) is 13.0. The molecule has 1 fully saturated rings. The zero-order valence-corrected chi connectivity index (χ0v) is 25.5. The Kier molecular flexibility index (Phi) is 8.77. The molecule has 0 bridgehead atoms. The van der Waals surface area contributed by atoms with E-state index in [1.54, 1.807) is 17.5 Å². The normalized spacial score (nSPS) is 18.9. The smallest absolute Gasteiger partial charge is 0.356 e. The number of carbonyl (C=O) groups is 3. The maximum absolute atomic E-state index is 14.2. The Labute approximate surface area is 263 Å². The van der Waals surface area contributed by atoms with E-state index in [4.69, 9.17) is 4.74 Å². The van der Waals surface area contributed by atoms with Crippen LogP contribution in [0.3, 0.4) is 0 Å². The van der Waals surface area contributed by atoms with Crippen LogP contribution in [-0.2, 0) is 19.1 Å². The summed E-state index contributed by atoms with van der Waals surface area (Å²) in [7, 11) is 0. The number of hydrogen-bond donors (Lipinski definition) is 3. The van der Waals surface area contributed by atoms with Gasteiger partial charge in [-0.1, -0.05) is 83.6 Å². The molecule has 4 heterocycles. The highest BCUT2D eigenvalue weighted by Crippen LogP contribution is 2.44. The molecule has 3 N–H and O–H groups in total. The van der Waals surface area contributed by atoms with E-state index in [0.29, 0.717) is 21.4 Å². The lowest BCUT2D eigenvalue weighted by Gasteiger charge is -2.50. The lowest BCUT2D eigenvalue weighted by Crippen LogP contribution is -2.71. The number of oxime groups is 1. The average Bonchev–Trinajstić information content (AvgIpc) is 3.78. The topological polar surface area (TPSA) is 163 Å². The Morgan fingerprint density at radius 1 is 1.11 bits per heavy atom. The standard InChI is InChI=1S/C29H25N7O5S3/c1-16(44-29-31-34-35-32-29)19-15-43-27-22(30-25(37)21(33-40)20-13-8-14-42-20)26(38)36(27)23(19)28(39)41-24(17-9-4-2-5-10-17)18-11-6-3-7-12-18/h2-14,16,22,24,27,40H,15H2,1H3,(H,30,37)(H,31,32,34,35)/t16?,22-,27+/m1/s1. The summed E-state index contributed by atoms with van der Waals surface area (Å²) in [5.74, 6) is -1.45. The molecule has 44 heavy (non-hydrogen) atoms. The number of amides is 2. The van der Waals surface area contributed by atoms with E-state index in [1.807, 2.05) is 67.6 Å². The number of esters is 1. The minimum atomic E-state index is -0.936. The number of benzene rings is 2. The molecule has 3 atom stereocenters. The van der Waals surface area contributed by atoms with Gasteiger partial charge in [-0.25, -0.2) is 9.89 Å². The first-order valence-corrected chi connectivity index (χ1v) is 16.2. The van der Waals surface area contributed by atoms with Crippen LogP contribution in [0.2, 0.25) is 0 Å². The van der Waals surface area contributed by atoms with Crippen LogP contribution in [0.25, 0.3) is 0 Å². The van der Waals surface area contributed by atoms with Crippen LogP contribution in [0.1, 0.15) is 29.0 Å². The number of thioether (sulfide) groups is 2. The van der Waals surface area contributed by atoms with Crippen molar-refractivity contribution in [2.24, 2.45) is 5.16 Å². The molecule has 0 spiro atoms. The number of ether oxygens (including phenoxy) is 1. The highest BCUT2D eigenvalue weighted by Gasteiger charge is 2.55. The van der Waals surface area contributed by atoms with Crippen LogP contribution in [0.5, 0.6) is 0 Å². The molecule has 2 aliphatic rings. The highest BCUT2D eigenvalue weighted by molar-refractivity contribution is 8.01.